The average molecular weight is 386 g/mol. The summed E-state index contributed by atoms with van der Waals surface area (Å²) in [6.07, 6.45) is 3.23. The van der Waals surface area contributed by atoms with Crippen LogP contribution in [0.25, 0.3) is 0 Å². The summed E-state index contributed by atoms with van der Waals surface area (Å²) in [4.78, 5) is 25.0. The molecule has 0 aliphatic heterocycles. The number of allylic oxidation sites excluding steroid dienone is 2. The fraction of sp³-hybridized carbons (Fsp3) is 0.478. The first-order valence-electron chi connectivity index (χ1n) is 9.37. The van der Waals surface area contributed by atoms with Crippen molar-refractivity contribution in [1.82, 2.24) is 0 Å². The van der Waals surface area contributed by atoms with Crippen molar-refractivity contribution < 1.29 is 24.5 Å². The molecule has 2 unspecified atom stereocenters. The second-order valence-electron chi connectivity index (χ2n) is 9.41. The zero-order valence-corrected chi connectivity index (χ0v) is 17.7. The van der Waals surface area contributed by atoms with Crippen molar-refractivity contribution in [3.05, 3.63) is 53.1 Å². The molecule has 0 radical (unpaired) electrons. The molecule has 5 heteroatoms. The number of aromatic hydroxyl groups is 1. The third kappa shape index (κ3) is 4.20. The van der Waals surface area contributed by atoms with Gasteiger partial charge in [0.2, 0.25) is 5.79 Å². The first-order chi connectivity index (χ1) is 12.7. The highest BCUT2D eigenvalue weighted by atomic mass is 16.7. The number of phenolic OH excluding ortho intramolecular Hbond substituents is 1. The number of hydrogen-bond acceptors (Lipinski definition) is 5. The second-order valence-corrected chi connectivity index (χ2v) is 9.41. The van der Waals surface area contributed by atoms with Crippen molar-refractivity contribution >= 4 is 11.8 Å². The van der Waals surface area contributed by atoms with Crippen LogP contribution < -0.4 is 0 Å². The predicted molar refractivity (Wildman–Crippen MR) is 108 cm³/mol. The molecule has 0 fully saturated rings. The number of ether oxygens (including phenoxy) is 1. The van der Waals surface area contributed by atoms with Crippen molar-refractivity contribution in [1.29, 1.82) is 0 Å². The number of rotatable bonds is 3. The lowest BCUT2D eigenvalue weighted by Crippen LogP contribution is -2.52. The van der Waals surface area contributed by atoms with Crippen LogP contribution in [0.3, 0.4) is 0 Å². The number of ketones is 1. The normalized spacial score (nSPS) is 22.9. The molecule has 28 heavy (non-hydrogen) atoms. The molecule has 0 aromatic heterocycles. The summed E-state index contributed by atoms with van der Waals surface area (Å²) in [7, 11) is 0. The van der Waals surface area contributed by atoms with Gasteiger partial charge < -0.3 is 14.9 Å². The molecule has 152 valence electrons. The maximum atomic E-state index is 13.1. The van der Waals surface area contributed by atoms with E-state index in [0.29, 0.717) is 11.1 Å². The summed E-state index contributed by atoms with van der Waals surface area (Å²) < 4.78 is 5.46. The van der Waals surface area contributed by atoms with Gasteiger partial charge in [-0.3, -0.25) is 9.59 Å². The number of hydrogen-bond donors (Lipinski definition) is 2. The van der Waals surface area contributed by atoms with Crippen LogP contribution in [0.5, 0.6) is 5.75 Å². The summed E-state index contributed by atoms with van der Waals surface area (Å²) in [6, 6.07) is 6.35. The quantitative estimate of drug-likeness (QED) is 0.457. The molecule has 1 aromatic rings. The van der Waals surface area contributed by atoms with Crippen molar-refractivity contribution in [2.45, 2.75) is 54.3 Å². The number of Topliss-reactive ketones (excluding diaryl/α,β-unsaturated/α-hetero) is 1. The third-order valence-electron chi connectivity index (χ3n) is 4.90. The molecule has 0 saturated carbocycles. The molecule has 0 bridgehead atoms. The smallest absolute Gasteiger partial charge is 0.305 e. The summed E-state index contributed by atoms with van der Waals surface area (Å²) in [5, 5.41) is 21.6. The van der Waals surface area contributed by atoms with Gasteiger partial charge in [-0.05, 0) is 29.0 Å². The van der Waals surface area contributed by atoms with Gasteiger partial charge in [-0.15, -0.1) is 0 Å². The topological polar surface area (TPSA) is 83.8 Å². The fourth-order valence-electron chi connectivity index (χ4n) is 3.66. The van der Waals surface area contributed by atoms with Crippen molar-refractivity contribution in [2.75, 3.05) is 0 Å². The Balaban J connectivity index is 2.71. The van der Waals surface area contributed by atoms with E-state index >= 15 is 0 Å². The lowest BCUT2D eigenvalue weighted by molar-refractivity contribution is -0.221. The predicted octanol–water partition coefficient (Wildman–Crippen LogP) is 4.40. The van der Waals surface area contributed by atoms with Crippen molar-refractivity contribution in [3.8, 4) is 5.75 Å². The highest BCUT2D eigenvalue weighted by Gasteiger charge is 2.53. The molecule has 1 aliphatic rings. The first kappa shape index (κ1) is 21.9. The Morgan fingerprint density at radius 2 is 1.64 bits per heavy atom. The van der Waals surface area contributed by atoms with Gasteiger partial charge in [-0.25, -0.2) is 0 Å². The summed E-state index contributed by atoms with van der Waals surface area (Å²) >= 11 is 0. The zero-order valence-electron chi connectivity index (χ0n) is 17.7. The lowest BCUT2D eigenvalue weighted by atomic mass is 9.64. The Labute approximate surface area is 166 Å². The van der Waals surface area contributed by atoms with Gasteiger partial charge in [0, 0.05) is 18.1 Å². The van der Waals surface area contributed by atoms with E-state index in [1.54, 1.807) is 30.4 Å². The Morgan fingerprint density at radius 3 is 2.11 bits per heavy atom. The van der Waals surface area contributed by atoms with Crippen LogP contribution in [0.15, 0.2) is 47.6 Å². The standard InChI is InChI=1S/C23H30O5/c1-14(24)28-23(27)18(21(2,3)4)12-15(13-19(23)22(5,6)7)20(26)16-10-8-9-11-17(16)25/h8-13,18,25,27H,1-7H3. The molecule has 0 heterocycles. The number of para-hydroxylation sites is 1. The number of aliphatic hydroxyl groups is 1. The van der Waals surface area contributed by atoms with E-state index in [4.69, 9.17) is 4.74 Å². The average Bonchev–Trinajstić information content (AvgIpc) is 2.51. The number of benzene rings is 1. The number of carbonyl (C=O) groups is 2. The van der Waals surface area contributed by atoms with Crippen LogP contribution in [-0.2, 0) is 9.53 Å². The maximum Gasteiger partial charge on any atom is 0.305 e. The molecule has 0 amide bonds. The van der Waals surface area contributed by atoms with Gasteiger partial charge in [-0.1, -0.05) is 59.8 Å². The zero-order chi connectivity index (χ0) is 21.5. The highest BCUT2D eigenvalue weighted by Crippen LogP contribution is 2.50. The minimum Gasteiger partial charge on any atom is -0.507 e. The first-order valence-corrected chi connectivity index (χ1v) is 9.37. The number of phenols is 1. The number of carbonyl (C=O) groups excluding carboxylic acids is 2. The number of esters is 1. The van der Waals surface area contributed by atoms with Gasteiger partial charge in [-0.2, -0.15) is 0 Å². The van der Waals surface area contributed by atoms with Crippen molar-refractivity contribution in [3.63, 3.8) is 0 Å². The van der Waals surface area contributed by atoms with Crippen LogP contribution in [-0.4, -0.2) is 27.8 Å². The second kappa shape index (κ2) is 7.21. The van der Waals surface area contributed by atoms with Gasteiger partial charge in [0.1, 0.15) is 5.75 Å². The van der Waals surface area contributed by atoms with Crippen molar-refractivity contribution in [2.24, 2.45) is 16.7 Å². The molecular weight excluding hydrogens is 356 g/mol. The highest BCUT2D eigenvalue weighted by molar-refractivity contribution is 6.12. The Morgan fingerprint density at radius 1 is 1.07 bits per heavy atom. The molecular formula is C23H30O5. The molecule has 2 rings (SSSR count). The van der Waals surface area contributed by atoms with E-state index in [9.17, 15) is 19.8 Å². The molecule has 1 aliphatic carbocycles. The van der Waals surface area contributed by atoms with Crippen LogP contribution >= 0.6 is 0 Å². The van der Waals surface area contributed by atoms with Gasteiger partial charge in [0.05, 0.1) is 11.5 Å². The van der Waals surface area contributed by atoms with E-state index in [1.807, 2.05) is 41.5 Å². The van der Waals surface area contributed by atoms with Crippen LogP contribution in [0.4, 0.5) is 0 Å². The third-order valence-corrected chi connectivity index (χ3v) is 4.90. The lowest BCUT2D eigenvalue weighted by Gasteiger charge is -2.47. The van der Waals surface area contributed by atoms with E-state index in [-0.39, 0.29) is 17.1 Å². The fourth-order valence-corrected chi connectivity index (χ4v) is 3.66. The minimum absolute atomic E-state index is 0.104. The van der Waals surface area contributed by atoms with Gasteiger partial charge >= 0.3 is 5.97 Å². The van der Waals surface area contributed by atoms with E-state index in [2.05, 4.69) is 0 Å². The molecule has 1 aromatic carbocycles. The molecule has 0 spiro atoms. The van der Waals surface area contributed by atoms with Crippen LogP contribution in [0.1, 0.15) is 58.8 Å². The Kier molecular flexibility index (Phi) is 5.64. The van der Waals surface area contributed by atoms with Crippen LogP contribution in [0.2, 0.25) is 0 Å². The Bertz CT molecular complexity index is 848. The molecule has 5 nitrogen and oxygen atoms in total. The molecule has 2 N–H and O–H groups in total. The molecule has 2 atom stereocenters. The minimum atomic E-state index is -1.87. The molecule has 0 saturated heterocycles. The van der Waals surface area contributed by atoms with E-state index in [1.165, 1.54) is 13.0 Å². The monoisotopic (exact) mass is 386 g/mol. The Hall–Kier alpha value is -2.40. The van der Waals surface area contributed by atoms with Gasteiger partial charge in [0.15, 0.2) is 5.78 Å². The van der Waals surface area contributed by atoms with Crippen LogP contribution in [0, 0.1) is 16.7 Å². The SMILES string of the molecule is CC(=O)OC1(O)C(C(C)(C)C)=CC(C(=O)c2ccccc2O)=CC1C(C)(C)C. The summed E-state index contributed by atoms with van der Waals surface area (Å²) in [6.45, 7) is 12.7. The summed E-state index contributed by atoms with van der Waals surface area (Å²) in [5.41, 5.74) is -0.116. The van der Waals surface area contributed by atoms with E-state index in [0.717, 1.165) is 0 Å². The maximum absolute atomic E-state index is 13.1. The largest absolute Gasteiger partial charge is 0.507 e. The summed E-state index contributed by atoms with van der Waals surface area (Å²) in [5.74, 6) is -3.58. The van der Waals surface area contributed by atoms with Gasteiger partial charge in [0.25, 0.3) is 0 Å². The van der Waals surface area contributed by atoms with E-state index < -0.39 is 28.5 Å².